The normalized spacial score (nSPS) is 11.1. The lowest BCUT2D eigenvalue weighted by Crippen LogP contribution is -2.10. The summed E-state index contributed by atoms with van der Waals surface area (Å²) >= 11 is 0. The number of ether oxygens (including phenoxy) is 1. The highest BCUT2D eigenvalue weighted by atomic mass is 16.5. The number of aryl methyl sites for hydroxylation is 1. The van der Waals surface area contributed by atoms with Crippen LogP contribution in [0.3, 0.4) is 0 Å². The molecule has 0 fully saturated rings. The maximum absolute atomic E-state index is 12.7. The molecule has 1 amide bonds. The maximum atomic E-state index is 12.7. The summed E-state index contributed by atoms with van der Waals surface area (Å²) in [7, 11) is 1.57. The molecular weight excluding hydrogens is 378 g/mol. The highest BCUT2D eigenvalue weighted by Gasteiger charge is 2.15. The average Bonchev–Trinajstić information content (AvgIpc) is 3.37. The van der Waals surface area contributed by atoms with Crippen LogP contribution in [0, 0.1) is 6.92 Å². The summed E-state index contributed by atoms with van der Waals surface area (Å²) in [6.07, 6.45) is 3.96. The summed E-state index contributed by atoms with van der Waals surface area (Å²) in [4.78, 5) is 17.4. The van der Waals surface area contributed by atoms with E-state index < -0.39 is 0 Å². The largest absolute Gasteiger partial charge is 0.493 e. The van der Waals surface area contributed by atoms with Crippen molar-refractivity contribution >= 4 is 28.2 Å². The number of para-hydroxylation sites is 1. The number of carbonyl (C=O) groups is 1. The number of hydrogen-bond donors (Lipinski definition) is 1. The number of aromatic nitrogens is 2. The van der Waals surface area contributed by atoms with Gasteiger partial charge in [-0.3, -0.25) is 4.79 Å². The molecule has 0 aliphatic rings. The van der Waals surface area contributed by atoms with Gasteiger partial charge in [0.1, 0.15) is 5.65 Å². The van der Waals surface area contributed by atoms with Gasteiger partial charge in [-0.1, -0.05) is 24.3 Å². The fraction of sp³-hybridized carbons (Fsp3) is 0.0833. The molecule has 148 valence electrons. The number of nitrogens with one attached hydrogen (secondary N) is 1. The molecule has 0 saturated carbocycles. The molecule has 0 radical (unpaired) electrons. The minimum atomic E-state index is -0.323. The Labute approximate surface area is 172 Å². The van der Waals surface area contributed by atoms with Crippen molar-refractivity contribution in [3.05, 3.63) is 84.4 Å². The zero-order valence-electron chi connectivity index (χ0n) is 16.5. The lowest BCUT2D eigenvalue weighted by Gasteiger charge is -2.05. The number of carbonyl (C=O) groups excluding carboxylic acids is 1. The number of furan rings is 1. The molecule has 5 rings (SSSR count). The van der Waals surface area contributed by atoms with Crippen LogP contribution < -0.4 is 10.1 Å². The molecule has 0 aliphatic heterocycles. The van der Waals surface area contributed by atoms with Crippen LogP contribution in [-0.2, 0) is 0 Å². The number of methoxy groups -OCH3 is 1. The standard InChI is InChI=1S/C24H19N3O3/c1-15-9-10-27-14-19(26-22(27)11-15)16-5-3-7-18(12-16)25-24(28)21-13-17-6-4-8-20(29-2)23(17)30-21/h3-14H,1-2H3,(H,25,28). The Hall–Kier alpha value is -4.06. The lowest BCUT2D eigenvalue weighted by molar-refractivity contribution is 0.0998. The Balaban J connectivity index is 1.43. The van der Waals surface area contributed by atoms with Crippen molar-refractivity contribution in [2.24, 2.45) is 0 Å². The van der Waals surface area contributed by atoms with E-state index in [1.165, 1.54) is 0 Å². The summed E-state index contributed by atoms with van der Waals surface area (Å²) in [6, 6.07) is 18.9. The first-order valence-electron chi connectivity index (χ1n) is 9.54. The first kappa shape index (κ1) is 18.0. The predicted octanol–water partition coefficient (Wildman–Crippen LogP) is 5.32. The van der Waals surface area contributed by atoms with Crippen molar-refractivity contribution in [2.45, 2.75) is 6.92 Å². The maximum Gasteiger partial charge on any atom is 0.291 e. The van der Waals surface area contributed by atoms with Gasteiger partial charge in [0.15, 0.2) is 17.1 Å². The second-order valence-electron chi connectivity index (χ2n) is 7.12. The number of amides is 1. The zero-order valence-corrected chi connectivity index (χ0v) is 16.5. The molecule has 1 N–H and O–H groups in total. The molecular formula is C24H19N3O3. The van der Waals surface area contributed by atoms with E-state index in [0.29, 0.717) is 17.0 Å². The van der Waals surface area contributed by atoms with Crippen molar-refractivity contribution in [3.63, 3.8) is 0 Å². The quantitative estimate of drug-likeness (QED) is 0.446. The molecule has 0 saturated heterocycles. The van der Waals surface area contributed by atoms with Crippen molar-refractivity contribution < 1.29 is 13.9 Å². The number of anilines is 1. The van der Waals surface area contributed by atoms with E-state index in [0.717, 1.165) is 27.9 Å². The number of pyridine rings is 1. The number of hydrogen-bond acceptors (Lipinski definition) is 4. The lowest BCUT2D eigenvalue weighted by atomic mass is 10.1. The van der Waals surface area contributed by atoms with Crippen LogP contribution in [0.25, 0.3) is 27.9 Å². The summed E-state index contributed by atoms with van der Waals surface area (Å²) < 4.78 is 13.0. The number of rotatable bonds is 4. The van der Waals surface area contributed by atoms with Gasteiger partial charge in [0.05, 0.1) is 12.8 Å². The van der Waals surface area contributed by atoms with Gasteiger partial charge in [-0.25, -0.2) is 4.98 Å². The van der Waals surface area contributed by atoms with Crippen LogP contribution in [0.5, 0.6) is 5.75 Å². The van der Waals surface area contributed by atoms with Gasteiger partial charge in [-0.05, 0) is 48.9 Å². The third kappa shape index (κ3) is 3.18. The van der Waals surface area contributed by atoms with Crippen LogP contribution in [0.15, 0.2) is 77.5 Å². The number of fused-ring (bicyclic) bond motifs is 2. The molecule has 0 unspecified atom stereocenters. The average molecular weight is 397 g/mol. The van der Waals surface area contributed by atoms with Crippen LogP contribution in [-0.4, -0.2) is 22.4 Å². The summed E-state index contributed by atoms with van der Waals surface area (Å²) in [5, 5.41) is 3.71. The Morgan fingerprint density at radius 1 is 1.10 bits per heavy atom. The molecule has 2 aromatic carbocycles. The summed E-state index contributed by atoms with van der Waals surface area (Å²) in [5.74, 6) is 0.495. The highest BCUT2D eigenvalue weighted by molar-refractivity contribution is 6.05. The third-order valence-electron chi connectivity index (χ3n) is 4.98. The highest BCUT2D eigenvalue weighted by Crippen LogP contribution is 2.29. The van der Waals surface area contributed by atoms with Gasteiger partial charge in [-0.15, -0.1) is 0 Å². The van der Waals surface area contributed by atoms with Crippen molar-refractivity contribution in [1.82, 2.24) is 9.38 Å². The van der Waals surface area contributed by atoms with Crippen LogP contribution in [0.1, 0.15) is 16.1 Å². The Kier molecular flexibility index (Phi) is 4.25. The van der Waals surface area contributed by atoms with Crippen LogP contribution in [0.4, 0.5) is 5.69 Å². The van der Waals surface area contributed by atoms with E-state index in [-0.39, 0.29) is 11.7 Å². The first-order valence-corrected chi connectivity index (χ1v) is 9.54. The number of nitrogens with zero attached hydrogens (tertiary/aromatic N) is 2. The number of benzene rings is 2. The minimum Gasteiger partial charge on any atom is -0.493 e. The van der Waals surface area contributed by atoms with E-state index >= 15 is 0 Å². The van der Waals surface area contributed by atoms with E-state index in [1.807, 2.05) is 72.2 Å². The minimum absolute atomic E-state index is 0.225. The van der Waals surface area contributed by atoms with E-state index in [1.54, 1.807) is 19.2 Å². The molecule has 3 heterocycles. The van der Waals surface area contributed by atoms with Gasteiger partial charge in [0.25, 0.3) is 5.91 Å². The SMILES string of the molecule is COc1cccc2cc(C(=O)Nc3cccc(-c4cn5ccc(C)cc5n4)c3)oc12. The van der Waals surface area contributed by atoms with E-state index in [4.69, 9.17) is 9.15 Å². The fourth-order valence-electron chi connectivity index (χ4n) is 3.48. The Bertz CT molecular complexity index is 1400. The summed E-state index contributed by atoms with van der Waals surface area (Å²) in [5.41, 5.74) is 5.02. The molecule has 0 aliphatic carbocycles. The molecule has 30 heavy (non-hydrogen) atoms. The van der Waals surface area contributed by atoms with Gasteiger partial charge in [0, 0.05) is 29.0 Å². The van der Waals surface area contributed by atoms with Crippen molar-refractivity contribution in [1.29, 1.82) is 0 Å². The molecule has 5 aromatic rings. The third-order valence-corrected chi connectivity index (χ3v) is 4.98. The van der Waals surface area contributed by atoms with Gasteiger partial charge in [-0.2, -0.15) is 0 Å². The van der Waals surface area contributed by atoms with E-state index in [9.17, 15) is 4.79 Å². The van der Waals surface area contributed by atoms with Crippen LogP contribution in [0.2, 0.25) is 0 Å². The van der Waals surface area contributed by atoms with Crippen molar-refractivity contribution in [3.8, 4) is 17.0 Å². The van der Waals surface area contributed by atoms with Gasteiger partial charge < -0.3 is 18.9 Å². The Morgan fingerprint density at radius 3 is 2.83 bits per heavy atom. The Morgan fingerprint density at radius 2 is 1.97 bits per heavy atom. The molecule has 6 heteroatoms. The molecule has 0 spiro atoms. The van der Waals surface area contributed by atoms with Crippen molar-refractivity contribution in [2.75, 3.05) is 12.4 Å². The van der Waals surface area contributed by atoms with Gasteiger partial charge in [0.2, 0.25) is 0 Å². The van der Waals surface area contributed by atoms with E-state index in [2.05, 4.69) is 10.3 Å². The monoisotopic (exact) mass is 397 g/mol. The zero-order chi connectivity index (χ0) is 20.7. The fourth-order valence-corrected chi connectivity index (χ4v) is 3.48. The predicted molar refractivity (Wildman–Crippen MR) is 116 cm³/mol. The smallest absolute Gasteiger partial charge is 0.291 e. The molecule has 6 nitrogen and oxygen atoms in total. The molecule has 0 atom stereocenters. The molecule has 3 aromatic heterocycles. The first-order chi connectivity index (χ1) is 14.6. The van der Waals surface area contributed by atoms with Crippen LogP contribution >= 0.6 is 0 Å². The van der Waals surface area contributed by atoms with Gasteiger partial charge >= 0.3 is 0 Å². The molecule has 0 bridgehead atoms. The topological polar surface area (TPSA) is 68.8 Å². The summed E-state index contributed by atoms with van der Waals surface area (Å²) in [6.45, 7) is 2.04. The second kappa shape index (κ2) is 7.08. The second-order valence-corrected chi connectivity index (χ2v) is 7.12. The number of imidazole rings is 1.